The molecule has 1 aliphatic heterocycles. The molecule has 1 aromatic carbocycles. The highest BCUT2D eigenvalue weighted by Crippen LogP contribution is 2.17. The molecule has 2 aromatic rings. The van der Waals surface area contributed by atoms with Gasteiger partial charge in [-0.2, -0.15) is 0 Å². The maximum Gasteiger partial charge on any atom is 0.271 e. The lowest BCUT2D eigenvalue weighted by atomic mass is 10.2. The number of piperazine rings is 1. The largest absolute Gasteiger partial charge is 0.368 e. The molecule has 2 N–H and O–H groups in total. The molecule has 0 spiro atoms. The summed E-state index contributed by atoms with van der Waals surface area (Å²) in [5.41, 5.74) is 5.83. The van der Waals surface area contributed by atoms with Gasteiger partial charge in [0.2, 0.25) is 11.8 Å². The summed E-state index contributed by atoms with van der Waals surface area (Å²) >= 11 is 0. The Morgan fingerprint density at radius 2 is 1.69 bits per heavy atom. The lowest BCUT2D eigenvalue weighted by Gasteiger charge is -2.36. The fourth-order valence-electron chi connectivity index (χ4n) is 3.00. The second-order valence-electron chi connectivity index (χ2n) is 6.59. The second-order valence-corrected chi connectivity index (χ2v) is 6.59. The normalized spacial score (nSPS) is 13.7. The zero-order chi connectivity index (χ0) is 20.6. The summed E-state index contributed by atoms with van der Waals surface area (Å²) in [4.78, 5) is 43.7. The van der Waals surface area contributed by atoms with Gasteiger partial charge in [-0.25, -0.2) is 4.39 Å². The summed E-state index contributed by atoms with van der Waals surface area (Å²) in [5.74, 6) is -1.31. The van der Waals surface area contributed by atoms with Crippen molar-refractivity contribution >= 4 is 23.4 Å². The summed E-state index contributed by atoms with van der Waals surface area (Å²) < 4.78 is 13.0. The number of anilines is 1. The summed E-state index contributed by atoms with van der Waals surface area (Å²) in [5, 5.41) is 0. The minimum absolute atomic E-state index is 0.0235. The van der Waals surface area contributed by atoms with Gasteiger partial charge in [-0.05, 0) is 36.4 Å². The number of pyridine rings is 1. The van der Waals surface area contributed by atoms with Gasteiger partial charge in [0.25, 0.3) is 5.91 Å². The van der Waals surface area contributed by atoms with Crippen LogP contribution in [0.5, 0.6) is 0 Å². The number of hydrogen-bond acceptors (Lipinski definition) is 5. The smallest absolute Gasteiger partial charge is 0.271 e. The van der Waals surface area contributed by atoms with Gasteiger partial charge in [-0.15, -0.1) is 0 Å². The van der Waals surface area contributed by atoms with Gasteiger partial charge in [-0.1, -0.05) is 0 Å². The van der Waals surface area contributed by atoms with Crippen LogP contribution >= 0.6 is 0 Å². The lowest BCUT2D eigenvalue weighted by Crippen LogP contribution is -2.49. The number of halogens is 1. The first-order valence-corrected chi connectivity index (χ1v) is 9.30. The van der Waals surface area contributed by atoms with E-state index in [1.54, 1.807) is 35.4 Å². The molecule has 0 unspecified atom stereocenters. The summed E-state index contributed by atoms with van der Waals surface area (Å²) in [6.07, 6.45) is 2.96. The van der Waals surface area contributed by atoms with E-state index in [0.29, 0.717) is 31.7 Å². The molecular weight excluding hydrogens is 377 g/mol. The maximum absolute atomic E-state index is 13.0. The van der Waals surface area contributed by atoms with Crippen molar-refractivity contribution in [3.05, 3.63) is 60.2 Å². The molecule has 0 aliphatic carbocycles. The van der Waals surface area contributed by atoms with Gasteiger partial charge in [0.1, 0.15) is 5.82 Å². The Labute approximate surface area is 167 Å². The van der Waals surface area contributed by atoms with E-state index in [2.05, 4.69) is 20.7 Å². The van der Waals surface area contributed by atoms with E-state index >= 15 is 0 Å². The standard InChI is InChI=1S/C20H22FN5O3/c21-16-3-5-17(6-4-16)25-10-12-26(13-11-25)19(28)8-7-18(27)23-24-20(29)15-2-1-9-22-14-15/h1-6,9,14H,7-8,10-13H2,(H,23,27)(H,24,29). The van der Waals surface area contributed by atoms with Gasteiger partial charge < -0.3 is 9.80 Å². The first kappa shape index (κ1) is 20.2. The average molecular weight is 399 g/mol. The predicted octanol–water partition coefficient (Wildman–Crippen LogP) is 1.11. The number of amides is 3. The molecule has 3 amide bonds. The fraction of sp³-hybridized carbons (Fsp3) is 0.300. The molecule has 0 radical (unpaired) electrons. The molecule has 1 saturated heterocycles. The van der Waals surface area contributed by atoms with Crippen molar-refractivity contribution in [2.45, 2.75) is 12.8 Å². The van der Waals surface area contributed by atoms with E-state index in [0.717, 1.165) is 5.69 Å². The molecule has 29 heavy (non-hydrogen) atoms. The SMILES string of the molecule is O=C(CCC(=O)N1CCN(c2ccc(F)cc2)CC1)NNC(=O)c1cccnc1. The van der Waals surface area contributed by atoms with Crippen molar-refractivity contribution in [2.24, 2.45) is 0 Å². The monoisotopic (exact) mass is 399 g/mol. The number of rotatable bonds is 5. The highest BCUT2D eigenvalue weighted by atomic mass is 19.1. The highest BCUT2D eigenvalue weighted by Gasteiger charge is 2.21. The molecule has 0 bridgehead atoms. The predicted molar refractivity (Wildman–Crippen MR) is 104 cm³/mol. The van der Waals surface area contributed by atoms with Gasteiger partial charge in [0.05, 0.1) is 5.56 Å². The first-order valence-electron chi connectivity index (χ1n) is 9.30. The van der Waals surface area contributed by atoms with Gasteiger partial charge >= 0.3 is 0 Å². The maximum atomic E-state index is 13.0. The van der Waals surface area contributed by atoms with Gasteiger partial charge in [0.15, 0.2) is 0 Å². The summed E-state index contributed by atoms with van der Waals surface area (Å²) in [7, 11) is 0. The number of benzene rings is 1. The number of hydrazine groups is 1. The summed E-state index contributed by atoms with van der Waals surface area (Å²) in [6, 6.07) is 9.46. The number of nitrogens with zero attached hydrogens (tertiary/aromatic N) is 3. The molecule has 1 aromatic heterocycles. The molecule has 8 nitrogen and oxygen atoms in total. The molecule has 0 atom stereocenters. The number of hydrogen-bond donors (Lipinski definition) is 2. The van der Waals surface area contributed by atoms with Gasteiger partial charge in [0, 0.05) is 57.1 Å². The Hall–Kier alpha value is -3.49. The van der Waals surface area contributed by atoms with E-state index in [1.807, 2.05) is 0 Å². The Morgan fingerprint density at radius 3 is 2.34 bits per heavy atom. The van der Waals surface area contributed by atoms with Crippen LogP contribution in [0.25, 0.3) is 0 Å². The van der Waals surface area contributed by atoms with Crippen molar-refractivity contribution in [3.63, 3.8) is 0 Å². The van der Waals surface area contributed by atoms with Crippen molar-refractivity contribution in [1.82, 2.24) is 20.7 Å². The first-order chi connectivity index (χ1) is 14.0. The quantitative estimate of drug-likeness (QED) is 0.735. The van der Waals surface area contributed by atoms with Crippen molar-refractivity contribution in [1.29, 1.82) is 0 Å². The van der Waals surface area contributed by atoms with E-state index < -0.39 is 11.8 Å². The van der Waals surface area contributed by atoms with Crippen molar-refractivity contribution in [2.75, 3.05) is 31.1 Å². The third-order valence-electron chi connectivity index (χ3n) is 4.63. The fourth-order valence-corrected chi connectivity index (χ4v) is 3.00. The third kappa shape index (κ3) is 5.74. The minimum Gasteiger partial charge on any atom is -0.368 e. The van der Waals surface area contributed by atoms with Crippen LogP contribution in [0.15, 0.2) is 48.8 Å². The third-order valence-corrected chi connectivity index (χ3v) is 4.63. The Balaban J connectivity index is 1.37. The molecule has 152 valence electrons. The molecule has 1 fully saturated rings. The molecule has 1 aliphatic rings. The zero-order valence-electron chi connectivity index (χ0n) is 15.8. The van der Waals surface area contributed by atoms with Crippen LogP contribution in [-0.4, -0.2) is 53.8 Å². The van der Waals surface area contributed by atoms with Crippen molar-refractivity contribution < 1.29 is 18.8 Å². The van der Waals surface area contributed by atoms with E-state index in [1.165, 1.54) is 18.3 Å². The summed E-state index contributed by atoms with van der Waals surface area (Å²) in [6.45, 7) is 2.36. The van der Waals surface area contributed by atoms with Gasteiger partial charge in [-0.3, -0.25) is 30.2 Å². The molecule has 3 rings (SSSR count). The molecular formula is C20H22FN5O3. The Bertz CT molecular complexity index is 852. The highest BCUT2D eigenvalue weighted by molar-refractivity contribution is 5.95. The zero-order valence-corrected chi connectivity index (χ0v) is 15.8. The van der Waals surface area contributed by atoms with Crippen LogP contribution in [0, 0.1) is 5.82 Å². The average Bonchev–Trinajstić information content (AvgIpc) is 2.77. The van der Waals surface area contributed by atoms with Crippen LogP contribution in [0.1, 0.15) is 23.2 Å². The topological polar surface area (TPSA) is 94.6 Å². The van der Waals surface area contributed by atoms with E-state index in [9.17, 15) is 18.8 Å². The number of carbonyl (C=O) groups is 3. The number of nitrogens with one attached hydrogen (secondary N) is 2. The Kier molecular flexibility index (Phi) is 6.72. The van der Waals surface area contributed by atoms with E-state index in [4.69, 9.17) is 0 Å². The van der Waals surface area contributed by atoms with Crippen LogP contribution < -0.4 is 15.8 Å². The lowest BCUT2D eigenvalue weighted by molar-refractivity contribution is -0.134. The number of aromatic nitrogens is 1. The van der Waals surface area contributed by atoms with Crippen LogP contribution in [0.4, 0.5) is 10.1 Å². The van der Waals surface area contributed by atoms with Crippen molar-refractivity contribution in [3.8, 4) is 0 Å². The second kappa shape index (κ2) is 9.63. The Morgan fingerprint density at radius 1 is 0.966 bits per heavy atom. The van der Waals surface area contributed by atoms with Crippen LogP contribution in [0.2, 0.25) is 0 Å². The molecule has 0 saturated carbocycles. The molecule has 2 heterocycles. The van der Waals surface area contributed by atoms with Crippen LogP contribution in [-0.2, 0) is 9.59 Å². The minimum atomic E-state index is -0.477. The van der Waals surface area contributed by atoms with Crippen LogP contribution in [0.3, 0.4) is 0 Å². The van der Waals surface area contributed by atoms with E-state index in [-0.39, 0.29) is 24.6 Å². The number of carbonyl (C=O) groups excluding carboxylic acids is 3. The molecule has 9 heteroatoms.